The first-order chi connectivity index (χ1) is 14.7. The van der Waals surface area contributed by atoms with Crippen LogP contribution in [0.1, 0.15) is 43.6 Å². The molecular weight excluding hydrogens is 404 g/mol. The van der Waals surface area contributed by atoms with Gasteiger partial charge in [-0.1, -0.05) is 11.3 Å². The van der Waals surface area contributed by atoms with E-state index in [1.807, 2.05) is 6.20 Å². The van der Waals surface area contributed by atoms with Crippen molar-refractivity contribution in [3.05, 3.63) is 11.8 Å². The molecule has 30 heavy (non-hydrogen) atoms. The molecule has 9 heteroatoms. The topological polar surface area (TPSA) is 94.6 Å². The summed E-state index contributed by atoms with van der Waals surface area (Å²) in [5.74, 6) is 0.917. The Balaban J connectivity index is 0.000000181. The molecule has 5 rings (SSSR count). The van der Waals surface area contributed by atoms with Gasteiger partial charge >= 0.3 is 0 Å². The van der Waals surface area contributed by atoms with E-state index < -0.39 is 0 Å². The average molecular weight is 435 g/mol. The second kappa shape index (κ2) is 10.00. The number of hydrogen-bond acceptors (Lipinski definition) is 8. The summed E-state index contributed by atoms with van der Waals surface area (Å²) in [6, 6.07) is 0. The van der Waals surface area contributed by atoms with Crippen LogP contribution in [0.3, 0.4) is 0 Å². The molecule has 8 nitrogen and oxygen atoms in total. The molecular formula is C21H30N4O4S. The molecule has 0 aliphatic carbocycles. The summed E-state index contributed by atoms with van der Waals surface area (Å²) in [7, 11) is 1.57. The number of fused-ring (bicyclic) bond motifs is 1. The second-order valence-corrected chi connectivity index (χ2v) is 9.11. The fraction of sp³-hybridized carbons (Fsp3) is 0.667. The number of ether oxygens (including phenoxy) is 3. The van der Waals surface area contributed by atoms with Crippen molar-refractivity contribution in [1.29, 1.82) is 0 Å². The number of amides is 1. The number of carbonyl (C=O) groups is 1. The molecule has 5 heterocycles. The zero-order chi connectivity index (χ0) is 20.8. The van der Waals surface area contributed by atoms with E-state index in [0.29, 0.717) is 34.3 Å². The van der Waals surface area contributed by atoms with E-state index in [4.69, 9.17) is 14.2 Å². The van der Waals surface area contributed by atoms with Gasteiger partial charge in [0, 0.05) is 39.2 Å². The van der Waals surface area contributed by atoms with E-state index in [9.17, 15) is 4.79 Å². The Morgan fingerprint density at radius 1 is 1.23 bits per heavy atom. The Labute approximate surface area is 180 Å². The van der Waals surface area contributed by atoms with Crippen LogP contribution >= 0.6 is 11.3 Å². The number of pyridine rings is 1. The minimum Gasteiger partial charge on any atom is -0.479 e. The highest BCUT2D eigenvalue weighted by Crippen LogP contribution is 2.39. The monoisotopic (exact) mass is 434 g/mol. The van der Waals surface area contributed by atoms with Crippen LogP contribution in [-0.4, -0.2) is 63.0 Å². The maximum Gasteiger partial charge on any atom is 0.241 e. The van der Waals surface area contributed by atoms with Gasteiger partial charge in [-0.15, -0.1) is 0 Å². The molecule has 2 aromatic heterocycles. The number of methoxy groups -OCH3 is 1. The first-order valence-electron chi connectivity index (χ1n) is 10.6. The number of hydrogen-bond donors (Lipinski definition) is 2. The molecule has 0 unspecified atom stereocenters. The zero-order valence-electron chi connectivity index (χ0n) is 17.4. The van der Waals surface area contributed by atoms with Gasteiger partial charge in [-0.3, -0.25) is 4.79 Å². The number of carbonyl (C=O) groups excluding carboxylic acids is 1. The molecule has 2 N–H and O–H groups in total. The van der Waals surface area contributed by atoms with Crippen molar-refractivity contribution in [1.82, 2.24) is 15.3 Å². The molecule has 1 amide bonds. The van der Waals surface area contributed by atoms with E-state index in [1.165, 1.54) is 49.3 Å². The lowest BCUT2D eigenvalue weighted by atomic mass is 9.80. The number of thiazole rings is 1. The van der Waals surface area contributed by atoms with Gasteiger partial charge in [-0.25, -0.2) is 9.97 Å². The molecule has 0 atom stereocenters. The molecule has 0 aromatic carbocycles. The smallest absolute Gasteiger partial charge is 0.241 e. The van der Waals surface area contributed by atoms with Gasteiger partial charge in [0.1, 0.15) is 5.52 Å². The molecule has 3 saturated heterocycles. The fourth-order valence-corrected chi connectivity index (χ4v) is 5.50. The lowest BCUT2D eigenvalue weighted by molar-refractivity contribution is -0.105. The minimum absolute atomic E-state index is 0.425. The molecule has 0 bridgehead atoms. The first-order valence-corrected chi connectivity index (χ1v) is 11.5. The highest BCUT2D eigenvalue weighted by molar-refractivity contribution is 7.22. The van der Waals surface area contributed by atoms with Gasteiger partial charge in [0.15, 0.2) is 5.13 Å². The molecule has 2 aromatic rings. The van der Waals surface area contributed by atoms with E-state index in [2.05, 4.69) is 20.6 Å². The molecule has 3 aliphatic rings. The highest BCUT2D eigenvalue weighted by atomic mass is 32.1. The number of nitrogens with zero attached hydrogens (tertiary/aromatic N) is 2. The van der Waals surface area contributed by atoms with Gasteiger partial charge in [0.25, 0.3) is 0 Å². The largest absolute Gasteiger partial charge is 0.479 e. The lowest BCUT2D eigenvalue weighted by Crippen LogP contribution is -2.31. The number of anilines is 1. The van der Waals surface area contributed by atoms with Gasteiger partial charge in [0.05, 0.1) is 11.8 Å². The molecule has 164 valence electrons. The predicted molar refractivity (Wildman–Crippen MR) is 116 cm³/mol. The Kier molecular flexibility index (Phi) is 7.14. The Hall–Kier alpha value is -1.81. The highest BCUT2D eigenvalue weighted by Gasteiger charge is 2.35. The third kappa shape index (κ3) is 4.74. The van der Waals surface area contributed by atoms with Crippen LogP contribution in [0.2, 0.25) is 0 Å². The zero-order valence-corrected chi connectivity index (χ0v) is 18.3. The molecule has 0 radical (unpaired) electrons. The maximum atomic E-state index is 10.6. The van der Waals surface area contributed by atoms with Crippen molar-refractivity contribution in [2.24, 2.45) is 5.41 Å². The van der Waals surface area contributed by atoms with Crippen LogP contribution in [-0.2, 0) is 14.3 Å². The summed E-state index contributed by atoms with van der Waals surface area (Å²) in [5, 5.41) is 6.59. The van der Waals surface area contributed by atoms with E-state index in [0.717, 1.165) is 44.0 Å². The van der Waals surface area contributed by atoms with Crippen LogP contribution in [0.4, 0.5) is 5.13 Å². The standard InChI is InChI=1S/C13H15N3O3S.C8H15NO/c1-18-12-10-11(20-13(16-10)15-7-17)9(6-14-12)8-2-4-19-5-3-8;1-4-9-7-8(1)2-5-10-6-3-8/h6-8H,2-5H2,1H3,(H,15,16,17);9H,1-7H2. The fourth-order valence-electron chi connectivity index (χ4n) is 4.50. The quantitative estimate of drug-likeness (QED) is 0.715. The average Bonchev–Trinajstić information content (AvgIpc) is 3.42. The van der Waals surface area contributed by atoms with Crippen molar-refractivity contribution in [2.45, 2.75) is 38.0 Å². The SMILES string of the molecule is C1CC2(CCOCC2)CN1.COc1ncc(C2CCOCC2)c2sc(NC=O)nc12. The van der Waals surface area contributed by atoms with Crippen molar-refractivity contribution >= 4 is 33.1 Å². The first kappa shape index (κ1) is 21.4. The van der Waals surface area contributed by atoms with E-state index >= 15 is 0 Å². The summed E-state index contributed by atoms with van der Waals surface area (Å²) in [6.07, 6.45) is 8.39. The van der Waals surface area contributed by atoms with Gasteiger partial charge in [0.2, 0.25) is 12.3 Å². The van der Waals surface area contributed by atoms with Crippen molar-refractivity contribution in [3.63, 3.8) is 0 Å². The van der Waals surface area contributed by atoms with Crippen molar-refractivity contribution in [2.75, 3.05) is 51.9 Å². The summed E-state index contributed by atoms with van der Waals surface area (Å²) < 4.78 is 17.0. The predicted octanol–water partition coefficient (Wildman–Crippen LogP) is 2.94. The maximum absolute atomic E-state index is 10.6. The lowest BCUT2D eigenvalue weighted by Gasteiger charge is -2.32. The summed E-state index contributed by atoms with van der Waals surface area (Å²) in [6.45, 7) is 5.98. The van der Waals surface area contributed by atoms with Gasteiger partial charge < -0.3 is 24.8 Å². The van der Waals surface area contributed by atoms with Gasteiger partial charge in [-0.2, -0.15) is 0 Å². The third-order valence-corrected chi connectivity index (χ3v) is 7.37. The third-order valence-electron chi connectivity index (χ3n) is 6.34. The van der Waals surface area contributed by atoms with E-state index in [-0.39, 0.29) is 0 Å². The summed E-state index contributed by atoms with van der Waals surface area (Å²) in [5.41, 5.74) is 2.52. The van der Waals surface area contributed by atoms with Gasteiger partial charge in [-0.05, 0) is 55.5 Å². The van der Waals surface area contributed by atoms with Crippen LogP contribution in [0.15, 0.2) is 6.20 Å². The Morgan fingerprint density at radius 3 is 2.67 bits per heavy atom. The summed E-state index contributed by atoms with van der Waals surface area (Å²) >= 11 is 1.46. The molecule has 1 spiro atoms. The van der Waals surface area contributed by atoms with E-state index in [1.54, 1.807) is 7.11 Å². The van der Waals surface area contributed by atoms with Crippen LogP contribution < -0.4 is 15.4 Å². The Bertz CT molecular complexity index is 839. The number of rotatable bonds is 4. The minimum atomic E-state index is 0.425. The van der Waals surface area contributed by atoms with Crippen LogP contribution in [0.5, 0.6) is 5.88 Å². The van der Waals surface area contributed by atoms with Crippen molar-refractivity contribution < 1.29 is 19.0 Å². The second-order valence-electron chi connectivity index (χ2n) is 8.11. The Morgan fingerprint density at radius 2 is 2.00 bits per heavy atom. The molecule has 3 fully saturated rings. The summed E-state index contributed by atoms with van der Waals surface area (Å²) in [4.78, 5) is 19.3. The number of nitrogens with one attached hydrogen (secondary N) is 2. The normalized spacial score (nSPS) is 21.2. The van der Waals surface area contributed by atoms with Crippen LogP contribution in [0, 0.1) is 5.41 Å². The number of aromatic nitrogens is 2. The van der Waals surface area contributed by atoms with Crippen LogP contribution in [0.25, 0.3) is 10.2 Å². The van der Waals surface area contributed by atoms with Crippen molar-refractivity contribution in [3.8, 4) is 5.88 Å². The molecule has 0 saturated carbocycles. The molecule has 3 aliphatic heterocycles.